The maximum absolute atomic E-state index is 12.7. The highest BCUT2D eigenvalue weighted by molar-refractivity contribution is 7.14. The van der Waals surface area contributed by atoms with E-state index >= 15 is 0 Å². The Morgan fingerprint density at radius 2 is 2.12 bits per heavy atom. The van der Waals surface area contributed by atoms with E-state index in [0.717, 1.165) is 29.9 Å². The molecule has 0 aliphatic carbocycles. The van der Waals surface area contributed by atoms with Crippen molar-refractivity contribution in [3.8, 4) is 11.3 Å². The number of thiazole rings is 1. The smallest absolute Gasteiger partial charge is 0.310 e. The Morgan fingerprint density at radius 1 is 1.38 bits per heavy atom. The Hall–Kier alpha value is -2.26. The molecule has 2 bridgehead atoms. The van der Waals surface area contributed by atoms with E-state index in [1.54, 1.807) is 0 Å². The highest BCUT2D eigenvalue weighted by atomic mass is 32.1. The van der Waals surface area contributed by atoms with Crippen LogP contribution in [0, 0.1) is 18.8 Å². The zero-order valence-corrected chi connectivity index (χ0v) is 15.3. The second kappa shape index (κ2) is 6.48. The number of carboxylic acid groups (broad SMARTS) is 1. The number of hydrogen-bond acceptors (Lipinski definition) is 6. The van der Waals surface area contributed by atoms with Crippen molar-refractivity contribution in [2.45, 2.75) is 45.4 Å². The summed E-state index contributed by atoms with van der Waals surface area (Å²) >= 11 is 1.32. The molecule has 138 valence electrons. The summed E-state index contributed by atoms with van der Waals surface area (Å²) in [5.74, 6) is -2.74. The first-order chi connectivity index (χ1) is 12.5. The molecule has 8 nitrogen and oxygen atoms in total. The summed E-state index contributed by atoms with van der Waals surface area (Å²) in [6.45, 7) is 4.71. The molecule has 2 aromatic rings. The van der Waals surface area contributed by atoms with Gasteiger partial charge < -0.3 is 15.2 Å². The summed E-state index contributed by atoms with van der Waals surface area (Å²) in [6.07, 6.45) is 2.69. The Labute approximate surface area is 154 Å². The number of aromatic nitrogens is 3. The zero-order valence-electron chi connectivity index (χ0n) is 14.5. The molecule has 2 aliphatic heterocycles. The molecular formula is C17H20N4O4S. The van der Waals surface area contributed by atoms with Gasteiger partial charge in [0.05, 0.1) is 35.4 Å². The number of carboxylic acids is 1. The van der Waals surface area contributed by atoms with Crippen LogP contribution in [-0.2, 0) is 20.9 Å². The molecule has 0 saturated carbocycles. The molecule has 26 heavy (non-hydrogen) atoms. The van der Waals surface area contributed by atoms with Gasteiger partial charge >= 0.3 is 5.97 Å². The SMILES string of the molecule is CCn1cc(-c2csc(NC(=O)C3C4CCC(O4)C3C(=O)O)n2)c(C)n1. The Morgan fingerprint density at radius 3 is 2.77 bits per heavy atom. The van der Waals surface area contributed by atoms with E-state index < -0.39 is 17.8 Å². The molecule has 2 aliphatic rings. The standard InChI is InChI=1S/C17H20N4O4S/c1-3-21-6-9(8(2)20-21)10-7-26-17(18-10)19-15(22)13-11-4-5-12(25-11)14(13)16(23)24/h6-7,11-14H,3-5H2,1-2H3,(H,23,24)(H,18,19,22). The van der Waals surface area contributed by atoms with Crippen LogP contribution < -0.4 is 5.32 Å². The number of rotatable bonds is 5. The van der Waals surface area contributed by atoms with E-state index in [9.17, 15) is 14.7 Å². The quantitative estimate of drug-likeness (QED) is 0.828. The molecule has 2 fully saturated rings. The van der Waals surface area contributed by atoms with Crippen LogP contribution in [0.1, 0.15) is 25.5 Å². The van der Waals surface area contributed by atoms with Crippen molar-refractivity contribution in [3.05, 3.63) is 17.3 Å². The van der Waals surface area contributed by atoms with Crippen LogP contribution in [0.3, 0.4) is 0 Å². The van der Waals surface area contributed by atoms with Crippen molar-refractivity contribution in [2.24, 2.45) is 11.8 Å². The number of ether oxygens (including phenoxy) is 1. The molecule has 4 rings (SSSR count). The largest absolute Gasteiger partial charge is 0.481 e. The number of amides is 1. The first-order valence-corrected chi connectivity index (χ1v) is 9.55. The van der Waals surface area contributed by atoms with Crippen LogP contribution >= 0.6 is 11.3 Å². The highest BCUT2D eigenvalue weighted by Gasteiger charge is 2.55. The van der Waals surface area contributed by atoms with Crippen LogP contribution in [-0.4, -0.2) is 44.0 Å². The van der Waals surface area contributed by atoms with Crippen LogP contribution in [0.5, 0.6) is 0 Å². The van der Waals surface area contributed by atoms with Crippen LogP contribution in [0.15, 0.2) is 11.6 Å². The number of carbonyl (C=O) groups excluding carboxylic acids is 1. The van der Waals surface area contributed by atoms with Crippen molar-refractivity contribution in [3.63, 3.8) is 0 Å². The molecule has 1 amide bonds. The number of aliphatic carboxylic acids is 1. The third-order valence-corrected chi connectivity index (χ3v) is 5.90. The lowest BCUT2D eigenvalue weighted by molar-refractivity contribution is -0.147. The molecular weight excluding hydrogens is 356 g/mol. The lowest BCUT2D eigenvalue weighted by Gasteiger charge is -2.23. The molecule has 0 spiro atoms. The lowest BCUT2D eigenvalue weighted by Crippen LogP contribution is -2.40. The van der Waals surface area contributed by atoms with Crippen molar-refractivity contribution in [1.29, 1.82) is 0 Å². The summed E-state index contributed by atoms with van der Waals surface area (Å²) < 4.78 is 7.49. The van der Waals surface area contributed by atoms with Crippen molar-refractivity contribution >= 4 is 28.3 Å². The van der Waals surface area contributed by atoms with Gasteiger partial charge in [-0.05, 0) is 26.7 Å². The maximum atomic E-state index is 12.7. The Kier molecular flexibility index (Phi) is 4.28. The molecule has 2 aromatic heterocycles. The van der Waals surface area contributed by atoms with Crippen LogP contribution in [0.4, 0.5) is 5.13 Å². The van der Waals surface area contributed by atoms with Gasteiger partial charge in [0.15, 0.2) is 5.13 Å². The van der Waals surface area contributed by atoms with E-state index in [1.807, 2.05) is 30.1 Å². The number of fused-ring (bicyclic) bond motifs is 2. The minimum Gasteiger partial charge on any atom is -0.481 e. The number of anilines is 1. The van der Waals surface area contributed by atoms with Gasteiger partial charge in [0, 0.05) is 23.7 Å². The average molecular weight is 376 g/mol. The van der Waals surface area contributed by atoms with E-state index in [-0.39, 0.29) is 18.1 Å². The van der Waals surface area contributed by atoms with Gasteiger partial charge in [-0.3, -0.25) is 14.3 Å². The zero-order chi connectivity index (χ0) is 18.4. The summed E-state index contributed by atoms with van der Waals surface area (Å²) in [4.78, 5) is 28.7. The maximum Gasteiger partial charge on any atom is 0.310 e. The fourth-order valence-corrected chi connectivity index (χ4v) is 4.61. The van der Waals surface area contributed by atoms with Crippen LogP contribution in [0.2, 0.25) is 0 Å². The molecule has 4 heterocycles. The van der Waals surface area contributed by atoms with Gasteiger partial charge in [-0.25, -0.2) is 4.98 Å². The number of carbonyl (C=O) groups is 2. The molecule has 9 heteroatoms. The van der Waals surface area contributed by atoms with Gasteiger partial charge in [-0.15, -0.1) is 11.3 Å². The molecule has 2 saturated heterocycles. The van der Waals surface area contributed by atoms with Gasteiger partial charge in [-0.2, -0.15) is 5.10 Å². The summed E-state index contributed by atoms with van der Waals surface area (Å²) in [5, 5.41) is 19.0. The molecule has 4 unspecified atom stereocenters. The van der Waals surface area contributed by atoms with Crippen molar-refractivity contribution in [2.75, 3.05) is 5.32 Å². The number of hydrogen-bond donors (Lipinski definition) is 2. The summed E-state index contributed by atoms with van der Waals surface area (Å²) in [6, 6.07) is 0. The monoisotopic (exact) mass is 376 g/mol. The first kappa shape index (κ1) is 17.2. The summed E-state index contributed by atoms with van der Waals surface area (Å²) in [7, 11) is 0. The second-order valence-corrected chi connectivity index (χ2v) is 7.55. The van der Waals surface area contributed by atoms with Gasteiger partial charge in [0.2, 0.25) is 5.91 Å². The third-order valence-electron chi connectivity index (χ3n) is 5.14. The third kappa shape index (κ3) is 2.80. The highest BCUT2D eigenvalue weighted by Crippen LogP contribution is 2.44. The summed E-state index contributed by atoms with van der Waals surface area (Å²) in [5.41, 5.74) is 2.55. The fourth-order valence-electron chi connectivity index (χ4n) is 3.90. The predicted molar refractivity (Wildman–Crippen MR) is 94.9 cm³/mol. The molecule has 2 N–H and O–H groups in total. The molecule has 0 radical (unpaired) electrons. The van der Waals surface area contributed by atoms with Crippen molar-refractivity contribution < 1.29 is 19.4 Å². The minimum atomic E-state index is -0.972. The normalized spacial score (nSPS) is 27.0. The molecule has 0 aromatic carbocycles. The topological polar surface area (TPSA) is 106 Å². The minimum absolute atomic E-state index is 0.314. The van der Waals surface area contributed by atoms with Gasteiger partial charge in [0.25, 0.3) is 0 Å². The van der Waals surface area contributed by atoms with Gasteiger partial charge in [0.1, 0.15) is 0 Å². The van der Waals surface area contributed by atoms with Crippen LogP contribution in [0.25, 0.3) is 11.3 Å². The fraction of sp³-hybridized carbons (Fsp3) is 0.529. The van der Waals surface area contributed by atoms with E-state index in [2.05, 4.69) is 15.4 Å². The number of nitrogens with one attached hydrogen (secondary N) is 1. The Balaban J connectivity index is 1.51. The van der Waals surface area contributed by atoms with E-state index in [0.29, 0.717) is 11.6 Å². The number of aryl methyl sites for hydroxylation is 2. The van der Waals surface area contributed by atoms with E-state index in [4.69, 9.17) is 4.74 Å². The number of nitrogens with zero attached hydrogens (tertiary/aromatic N) is 3. The Bertz CT molecular complexity index is 861. The van der Waals surface area contributed by atoms with E-state index in [1.165, 1.54) is 11.3 Å². The predicted octanol–water partition coefficient (Wildman–Crippen LogP) is 2.15. The second-order valence-electron chi connectivity index (χ2n) is 6.69. The van der Waals surface area contributed by atoms with Gasteiger partial charge in [-0.1, -0.05) is 0 Å². The lowest BCUT2D eigenvalue weighted by atomic mass is 9.79. The first-order valence-electron chi connectivity index (χ1n) is 8.67. The average Bonchev–Trinajstić information content (AvgIpc) is 3.36. The molecule has 4 atom stereocenters. The van der Waals surface area contributed by atoms with Crippen molar-refractivity contribution in [1.82, 2.24) is 14.8 Å².